The Morgan fingerprint density at radius 1 is 1.20 bits per heavy atom. The SMILES string of the molecule is CN=C(NCCCN1CCCCC1C)NCCN(C)CCCOC.I. The fourth-order valence-corrected chi connectivity index (χ4v) is 3.16. The van der Waals surface area contributed by atoms with E-state index >= 15 is 0 Å². The number of nitrogens with zero attached hydrogens (tertiary/aromatic N) is 3. The van der Waals surface area contributed by atoms with Crippen LogP contribution < -0.4 is 10.6 Å². The molecule has 0 amide bonds. The zero-order chi connectivity index (χ0) is 17.6. The summed E-state index contributed by atoms with van der Waals surface area (Å²) in [5, 5.41) is 6.81. The molecule has 0 spiro atoms. The minimum atomic E-state index is 0. The Kier molecular flexibility index (Phi) is 16.0. The summed E-state index contributed by atoms with van der Waals surface area (Å²) in [6.07, 6.45) is 6.36. The maximum absolute atomic E-state index is 5.08. The molecule has 0 aromatic rings. The van der Waals surface area contributed by atoms with E-state index in [1.54, 1.807) is 7.11 Å². The van der Waals surface area contributed by atoms with Gasteiger partial charge in [0, 0.05) is 59.5 Å². The molecular formula is C18H40IN5O. The third-order valence-corrected chi connectivity index (χ3v) is 4.75. The van der Waals surface area contributed by atoms with Crippen LogP contribution in [0.15, 0.2) is 4.99 Å². The number of likely N-dealkylation sites (N-methyl/N-ethyl adjacent to an activating group) is 1. The molecule has 0 radical (unpaired) electrons. The molecule has 1 heterocycles. The highest BCUT2D eigenvalue weighted by Crippen LogP contribution is 2.15. The molecule has 2 N–H and O–H groups in total. The fraction of sp³-hybridized carbons (Fsp3) is 0.944. The maximum Gasteiger partial charge on any atom is 0.191 e. The summed E-state index contributed by atoms with van der Waals surface area (Å²) in [6, 6.07) is 0.754. The van der Waals surface area contributed by atoms with Crippen LogP contribution in [0.25, 0.3) is 0 Å². The van der Waals surface area contributed by atoms with Crippen LogP contribution in [0.4, 0.5) is 0 Å². The van der Waals surface area contributed by atoms with Crippen molar-refractivity contribution in [3.05, 3.63) is 0 Å². The second kappa shape index (κ2) is 16.1. The summed E-state index contributed by atoms with van der Waals surface area (Å²) in [5.74, 6) is 0.909. The van der Waals surface area contributed by atoms with Crippen molar-refractivity contribution in [1.82, 2.24) is 20.4 Å². The number of rotatable bonds is 11. The molecule has 1 unspecified atom stereocenters. The number of aliphatic imine (C=N–C) groups is 1. The molecule has 1 atom stereocenters. The topological polar surface area (TPSA) is 52.1 Å². The van der Waals surface area contributed by atoms with Crippen LogP contribution in [0, 0.1) is 0 Å². The van der Waals surface area contributed by atoms with E-state index in [2.05, 4.69) is 39.4 Å². The van der Waals surface area contributed by atoms with Crippen molar-refractivity contribution in [3.63, 3.8) is 0 Å². The number of ether oxygens (including phenoxy) is 1. The van der Waals surface area contributed by atoms with Gasteiger partial charge in [0.2, 0.25) is 0 Å². The van der Waals surface area contributed by atoms with Crippen molar-refractivity contribution >= 4 is 29.9 Å². The molecule has 0 bridgehead atoms. The van der Waals surface area contributed by atoms with Crippen molar-refractivity contribution in [2.24, 2.45) is 4.99 Å². The lowest BCUT2D eigenvalue weighted by Gasteiger charge is -2.33. The molecule has 6 nitrogen and oxygen atoms in total. The lowest BCUT2D eigenvalue weighted by Crippen LogP contribution is -2.43. The van der Waals surface area contributed by atoms with Crippen LogP contribution in [0.1, 0.15) is 39.0 Å². The number of methoxy groups -OCH3 is 1. The summed E-state index contributed by atoms with van der Waals surface area (Å²) in [5.41, 5.74) is 0. The minimum absolute atomic E-state index is 0. The van der Waals surface area contributed by atoms with Gasteiger partial charge in [-0.2, -0.15) is 0 Å². The van der Waals surface area contributed by atoms with Gasteiger partial charge >= 0.3 is 0 Å². The van der Waals surface area contributed by atoms with Gasteiger partial charge < -0.3 is 25.2 Å². The molecule has 0 aromatic carbocycles. The molecule has 7 heteroatoms. The molecule has 0 aliphatic carbocycles. The van der Waals surface area contributed by atoms with E-state index < -0.39 is 0 Å². The number of nitrogens with one attached hydrogen (secondary N) is 2. The Hall–Kier alpha value is -0.120. The van der Waals surface area contributed by atoms with Crippen molar-refractivity contribution in [3.8, 4) is 0 Å². The van der Waals surface area contributed by atoms with Gasteiger partial charge in [-0.25, -0.2) is 0 Å². The van der Waals surface area contributed by atoms with E-state index in [0.717, 1.165) is 51.2 Å². The predicted molar refractivity (Wildman–Crippen MR) is 118 cm³/mol. The van der Waals surface area contributed by atoms with Gasteiger partial charge in [-0.15, -0.1) is 24.0 Å². The summed E-state index contributed by atoms with van der Waals surface area (Å²) in [4.78, 5) is 9.24. The number of guanidine groups is 1. The number of halogens is 1. The summed E-state index contributed by atoms with van der Waals surface area (Å²) >= 11 is 0. The average molecular weight is 469 g/mol. The molecular weight excluding hydrogens is 429 g/mol. The van der Waals surface area contributed by atoms with Crippen LogP contribution in [0.2, 0.25) is 0 Å². The lowest BCUT2D eigenvalue weighted by molar-refractivity contribution is 0.159. The van der Waals surface area contributed by atoms with Crippen molar-refractivity contribution in [1.29, 1.82) is 0 Å². The second-order valence-electron chi connectivity index (χ2n) is 6.81. The highest BCUT2D eigenvalue weighted by atomic mass is 127. The number of hydrogen-bond donors (Lipinski definition) is 2. The Bertz CT molecular complexity index is 343. The van der Waals surface area contributed by atoms with Gasteiger partial charge in [0.05, 0.1) is 0 Å². The molecule has 1 saturated heterocycles. The summed E-state index contributed by atoms with van der Waals surface area (Å²) in [6.45, 7) is 9.61. The highest BCUT2D eigenvalue weighted by molar-refractivity contribution is 14.0. The summed E-state index contributed by atoms with van der Waals surface area (Å²) < 4.78 is 5.08. The van der Waals surface area contributed by atoms with Crippen LogP contribution >= 0.6 is 24.0 Å². The predicted octanol–water partition coefficient (Wildman–Crippen LogP) is 2.00. The first kappa shape index (κ1) is 24.9. The molecule has 1 rings (SSSR count). The Balaban J connectivity index is 0.00000576. The van der Waals surface area contributed by atoms with Crippen LogP contribution in [0.5, 0.6) is 0 Å². The van der Waals surface area contributed by atoms with Gasteiger partial charge in [-0.05, 0) is 46.2 Å². The maximum atomic E-state index is 5.08. The van der Waals surface area contributed by atoms with Crippen LogP contribution in [0.3, 0.4) is 0 Å². The van der Waals surface area contributed by atoms with E-state index in [0.29, 0.717) is 0 Å². The second-order valence-corrected chi connectivity index (χ2v) is 6.81. The van der Waals surface area contributed by atoms with Gasteiger partial charge in [-0.1, -0.05) is 6.42 Å². The number of hydrogen-bond acceptors (Lipinski definition) is 4. The first-order valence-corrected chi connectivity index (χ1v) is 9.53. The smallest absolute Gasteiger partial charge is 0.191 e. The molecule has 1 fully saturated rings. The summed E-state index contributed by atoms with van der Waals surface area (Å²) in [7, 11) is 5.74. The minimum Gasteiger partial charge on any atom is -0.385 e. The lowest BCUT2D eigenvalue weighted by atomic mass is 10.0. The van der Waals surface area contributed by atoms with Gasteiger partial charge in [0.15, 0.2) is 5.96 Å². The average Bonchev–Trinajstić information content (AvgIpc) is 2.58. The van der Waals surface area contributed by atoms with E-state index in [9.17, 15) is 0 Å². The standard InChI is InChI=1S/C18H39N5O.HI/c1-17-9-5-6-13-23(17)14-7-10-20-18(19-2)21-11-15-22(3)12-8-16-24-4;/h17H,5-16H2,1-4H3,(H2,19,20,21);1H. The number of piperidine rings is 1. The van der Waals surface area contributed by atoms with Crippen LogP contribution in [-0.4, -0.2) is 88.9 Å². The van der Waals surface area contributed by atoms with E-state index in [4.69, 9.17) is 4.74 Å². The fourth-order valence-electron chi connectivity index (χ4n) is 3.16. The van der Waals surface area contributed by atoms with E-state index in [1.165, 1.54) is 38.8 Å². The Labute approximate surface area is 172 Å². The first-order valence-electron chi connectivity index (χ1n) is 9.53. The zero-order valence-electron chi connectivity index (χ0n) is 16.7. The monoisotopic (exact) mass is 469 g/mol. The van der Waals surface area contributed by atoms with E-state index in [-0.39, 0.29) is 24.0 Å². The Morgan fingerprint density at radius 2 is 1.96 bits per heavy atom. The molecule has 150 valence electrons. The van der Waals surface area contributed by atoms with E-state index in [1.807, 2.05) is 7.05 Å². The van der Waals surface area contributed by atoms with Crippen LogP contribution in [-0.2, 0) is 4.74 Å². The van der Waals surface area contributed by atoms with Gasteiger partial charge in [0.25, 0.3) is 0 Å². The molecule has 25 heavy (non-hydrogen) atoms. The quantitative estimate of drug-likeness (QED) is 0.210. The Morgan fingerprint density at radius 3 is 2.64 bits per heavy atom. The number of likely N-dealkylation sites (tertiary alicyclic amines) is 1. The molecule has 0 saturated carbocycles. The molecule has 0 aromatic heterocycles. The largest absolute Gasteiger partial charge is 0.385 e. The van der Waals surface area contributed by atoms with Crippen molar-refractivity contribution in [2.45, 2.75) is 45.1 Å². The zero-order valence-corrected chi connectivity index (χ0v) is 19.1. The highest BCUT2D eigenvalue weighted by Gasteiger charge is 2.17. The third kappa shape index (κ3) is 12.0. The van der Waals surface area contributed by atoms with Gasteiger partial charge in [-0.3, -0.25) is 4.99 Å². The molecule has 1 aliphatic rings. The van der Waals surface area contributed by atoms with Gasteiger partial charge in [0.1, 0.15) is 0 Å². The third-order valence-electron chi connectivity index (χ3n) is 4.75. The van der Waals surface area contributed by atoms with Crippen molar-refractivity contribution < 1.29 is 4.74 Å². The molecule has 1 aliphatic heterocycles. The van der Waals surface area contributed by atoms with Crippen molar-refractivity contribution in [2.75, 3.05) is 67.1 Å². The first-order chi connectivity index (χ1) is 11.7. The normalized spacial score (nSPS) is 18.9.